The highest BCUT2D eigenvalue weighted by atomic mass is 32.1. The highest BCUT2D eigenvalue weighted by molar-refractivity contribution is 7.10. The van der Waals surface area contributed by atoms with Gasteiger partial charge in [0.1, 0.15) is 40.7 Å². The Balaban J connectivity index is 1.31. The Bertz CT molecular complexity index is 1610. The van der Waals surface area contributed by atoms with Gasteiger partial charge in [0.05, 0.1) is 52.1 Å². The lowest BCUT2D eigenvalue weighted by Gasteiger charge is -2.36. The Labute approximate surface area is 333 Å². The van der Waals surface area contributed by atoms with Gasteiger partial charge in [0.15, 0.2) is 0 Å². The van der Waals surface area contributed by atoms with E-state index in [2.05, 4.69) is 5.32 Å². The molecule has 1 aromatic heterocycles. The number of carbonyl (C=O) groups excluding carboxylic acids is 4. The van der Waals surface area contributed by atoms with Gasteiger partial charge in [0, 0.05) is 24.5 Å². The second-order valence-corrected chi connectivity index (χ2v) is 16.0. The fourth-order valence-electron chi connectivity index (χ4n) is 6.60. The SMILES string of the molecule is C[C@@H](C(=O)N[C@H](C(=O)N1CCCC1c1nc(C(=O)c2cccc(OCCOCCOCCOCCC(=O)O)c2)cs1)C1CCCCC1)N(C)C(=O)OC(C)(C)C. The molecule has 2 N–H and O–H groups in total. The summed E-state index contributed by atoms with van der Waals surface area (Å²) in [5, 5.41) is 14.0. The van der Waals surface area contributed by atoms with Crippen molar-refractivity contribution in [3.8, 4) is 5.75 Å². The van der Waals surface area contributed by atoms with Gasteiger partial charge in [-0.2, -0.15) is 0 Å². The molecule has 1 saturated carbocycles. The van der Waals surface area contributed by atoms with E-state index in [-0.39, 0.29) is 49.0 Å². The molecule has 1 unspecified atom stereocenters. The first-order valence-corrected chi connectivity index (χ1v) is 20.4. The maximum Gasteiger partial charge on any atom is 0.410 e. The summed E-state index contributed by atoms with van der Waals surface area (Å²) in [4.78, 5) is 72.5. The minimum atomic E-state index is -0.903. The average Bonchev–Trinajstić information content (AvgIpc) is 3.86. The van der Waals surface area contributed by atoms with Gasteiger partial charge in [-0.25, -0.2) is 9.78 Å². The molecule has 3 atom stereocenters. The lowest BCUT2D eigenvalue weighted by atomic mass is 9.83. The first kappa shape index (κ1) is 44.6. The highest BCUT2D eigenvalue weighted by Crippen LogP contribution is 2.37. The lowest BCUT2D eigenvalue weighted by molar-refractivity contribution is -0.140. The minimum Gasteiger partial charge on any atom is -0.491 e. The number of aromatic nitrogens is 1. The predicted octanol–water partition coefficient (Wildman–Crippen LogP) is 5.26. The van der Waals surface area contributed by atoms with Gasteiger partial charge in [-0.05, 0) is 71.4 Å². The molecule has 0 bridgehead atoms. The van der Waals surface area contributed by atoms with Crippen molar-refractivity contribution in [1.29, 1.82) is 0 Å². The Morgan fingerprint density at radius 1 is 0.946 bits per heavy atom. The molecule has 2 fully saturated rings. The predicted molar refractivity (Wildman–Crippen MR) is 208 cm³/mol. The van der Waals surface area contributed by atoms with Crippen molar-refractivity contribution in [2.75, 3.05) is 59.8 Å². The van der Waals surface area contributed by atoms with E-state index in [1.54, 1.807) is 62.2 Å². The van der Waals surface area contributed by atoms with Crippen LogP contribution in [0.3, 0.4) is 0 Å². The number of amides is 3. The first-order valence-electron chi connectivity index (χ1n) is 19.5. The topological polar surface area (TPSA) is 183 Å². The van der Waals surface area contributed by atoms with E-state index in [1.807, 2.05) is 0 Å². The van der Waals surface area contributed by atoms with Crippen LogP contribution >= 0.6 is 11.3 Å². The van der Waals surface area contributed by atoms with E-state index in [0.717, 1.165) is 38.5 Å². The number of carboxylic acid groups (broad SMARTS) is 1. The summed E-state index contributed by atoms with van der Waals surface area (Å²) >= 11 is 1.35. The maximum atomic E-state index is 14.4. The molecule has 4 rings (SSSR count). The third-order valence-electron chi connectivity index (χ3n) is 9.70. The van der Waals surface area contributed by atoms with Crippen LogP contribution in [-0.4, -0.2) is 127 Å². The van der Waals surface area contributed by atoms with Crippen molar-refractivity contribution in [2.45, 2.75) is 103 Å². The zero-order valence-electron chi connectivity index (χ0n) is 33.3. The number of likely N-dealkylation sites (tertiary alicyclic amines) is 1. The standard InChI is InChI=1S/C40H58N4O11S/c1-27(43(5)39(50)55-40(2,3)4)36(48)42-34(28-11-7-6-8-12-28)38(49)44-17-10-15-32(44)37-41-31(26-56-37)35(47)29-13-9-14-30(25-29)54-24-23-53-22-21-52-20-19-51-18-16-33(45)46/h9,13-14,25-28,32,34H,6-8,10-12,15-24H2,1-5H3,(H,42,48)(H,45,46)/t27-,32?,34-/m0/s1. The number of nitrogens with one attached hydrogen (secondary N) is 1. The van der Waals surface area contributed by atoms with Gasteiger partial charge in [0.2, 0.25) is 17.6 Å². The molecule has 15 nitrogen and oxygen atoms in total. The van der Waals surface area contributed by atoms with E-state index in [0.29, 0.717) is 62.3 Å². The molecular formula is C40H58N4O11S. The second-order valence-electron chi connectivity index (χ2n) is 15.1. The van der Waals surface area contributed by atoms with E-state index in [1.165, 1.54) is 23.3 Å². The molecule has 1 aromatic carbocycles. The van der Waals surface area contributed by atoms with E-state index < -0.39 is 35.7 Å². The van der Waals surface area contributed by atoms with Gasteiger partial charge < -0.3 is 39.0 Å². The van der Waals surface area contributed by atoms with E-state index >= 15 is 0 Å². The Morgan fingerprint density at radius 2 is 1.61 bits per heavy atom. The third-order valence-corrected chi connectivity index (χ3v) is 10.6. The molecule has 16 heteroatoms. The zero-order valence-corrected chi connectivity index (χ0v) is 34.1. The van der Waals surface area contributed by atoms with Crippen LogP contribution < -0.4 is 10.1 Å². The van der Waals surface area contributed by atoms with Crippen molar-refractivity contribution in [1.82, 2.24) is 20.1 Å². The van der Waals surface area contributed by atoms with Gasteiger partial charge in [-0.3, -0.25) is 24.1 Å². The largest absolute Gasteiger partial charge is 0.491 e. The molecule has 1 aliphatic carbocycles. The van der Waals surface area contributed by atoms with Crippen LogP contribution in [0, 0.1) is 5.92 Å². The number of likely N-dealkylation sites (N-methyl/N-ethyl adjacent to an activating group) is 1. The zero-order chi connectivity index (χ0) is 40.7. The molecule has 0 radical (unpaired) electrons. The van der Waals surface area contributed by atoms with Crippen LogP contribution in [0.25, 0.3) is 0 Å². The number of carboxylic acids is 1. The normalized spacial score (nSPS) is 17.2. The smallest absolute Gasteiger partial charge is 0.410 e. The van der Waals surface area contributed by atoms with Crippen molar-refractivity contribution >= 4 is 41.0 Å². The van der Waals surface area contributed by atoms with Crippen LogP contribution in [0.2, 0.25) is 0 Å². The molecular weight excluding hydrogens is 745 g/mol. The fraction of sp³-hybridized carbons (Fsp3) is 0.650. The number of thiazole rings is 1. The molecule has 3 amide bonds. The molecule has 1 aliphatic heterocycles. The number of hydrogen-bond acceptors (Lipinski definition) is 12. The van der Waals surface area contributed by atoms with Crippen LogP contribution in [0.15, 0.2) is 29.6 Å². The Kier molecular flexibility index (Phi) is 17.5. The van der Waals surface area contributed by atoms with Crippen molar-refractivity contribution in [2.24, 2.45) is 5.92 Å². The van der Waals surface area contributed by atoms with Crippen molar-refractivity contribution in [3.05, 3.63) is 45.9 Å². The summed E-state index contributed by atoms with van der Waals surface area (Å²) in [6.45, 7) is 9.53. The number of carbonyl (C=O) groups is 5. The quantitative estimate of drug-likeness (QED) is 0.124. The maximum absolute atomic E-state index is 14.4. The molecule has 2 aromatic rings. The first-order chi connectivity index (χ1) is 26.7. The van der Waals surface area contributed by atoms with E-state index in [4.69, 9.17) is 33.8 Å². The van der Waals surface area contributed by atoms with Crippen LogP contribution in [0.4, 0.5) is 4.79 Å². The molecule has 310 valence electrons. The monoisotopic (exact) mass is 802 g/mol. The summed E-state index contributed by atoms with van der Waals surface area (Å²) in [7, 11) is 1.52. The molecule has 1 saturated heterocycles. The minimum absolute atomic E-state index is 0.0290. The number of ketones is 1. The van der Waals surface area contributed by atoms with Crippen molar-refractivity contribution in [3.63, 3.8) is 0 Å². The summed E-state index contributed by atoms with van der Waals surface area (Å²) < 4.78 is 27.4. The number of ether oxygens (including phenoxy) is 5. The highest BCUT2D eigenvalue weighted by Gasteiger charge is 2.41. The van der Waals surface area contributed by atoms with Crippen LogP contribution in [-0.2, 0) is 33.3 Å². The fourth-order valence-corrected chi connectivity index (χ4v) is 7.54. The number of benzene rings is 1. The van der Waals surface area contributed by atoms with Gasteiger partial charge in [0.25, 0.3) is 0 Å². The number of aliphatic carboxylic acids is 1. The van der Waals surface area contributed by atoms with Gasteiger partial charge in [-0.15, -0.1) is 11.3 Å². The summed E-state index contributed by atoms with van der Waals surface area (Å²) in [6, 6.07) is 4.95. The number of nitrogens with zero attached hydrogens (tertiary/aromatic N) is 3. The molecule has 2 heterocycles. The van der Waals surface area contributed by atoms with Crippen molar-refractivity contribution < 1.29 is 52.8 Å². The molecule has 0 spiro atoms. The van der Waals surface area contributed by atoms with E-state index in [9.17, 15) is 24.0 Å². The van der Waals surface area contributed by atoms with Gasteiger partial charge in [-0.1, -0.05) is 31.4 Å². The summed E-state index contributed by atoms with van der Waals surface area (Å²) in [5.41, 5.74) is -0.0107. The molecule has 56 heavy (non-hydrogen) atoms. The Hall–Kier alpha value is -4.12. The van der Waals surface area contributed by atoms with Gasteiger partial charge >= 0.3 is 12.1 Å². The number of hydrogen-bond donors (Lipinski definition) is 2. The van der Waals surface area contributed by atoms with Crippen LogP contribution in [0.1, 0.15) is 106 Å². The molecule has 2 aliphatic rings. The van der Waals surface area contributed by atoms with Crippen LogP contribution in [0.5, 0.6) is 5.75 Å². The Morgan fingerprint density at radius 3 is 2.27 bits per heavy atom. The average molecular weight is 803 g/mol. The summed E-state index contributed by atoms with van der Waals surface area (Å²) in [6.07, 6.45) is 5.49. The second kappa shape index (κ2) is 22.0. The lowest BCUT2D eigenvalue weighted by Crippen LogP contribution is -2.56. The number of rotatable bonds is 21. The third kappa shape index (κ3) is 13.8. The summed E-state index contributed by atoms with van der Waals surface area (Å²) in [5.74, 6) is -1.26.